The smallest absolute Gasteiger partial charge is 0.142 e. The summed E-state index contributed by atoms with van der Waals surface area (Å²) in [6.45, 7) is 7.05. The molecule has 2 aliphatic heterocycles. The molecule has 1 atom stereocenters. The van der Waals surface area contributed by atoms with Crippen LogP contribution in [0.15, 0.2) is 77.7 Å². The van der Waals surface area contributed by atoms with E-state index >= 15 is 0 Å². The Balaban J connectivity index is 1.08. The number of aliphatic hydroxyl groups is 1. The topological polar surface area (TPSA) is 99.7 Å². The number of likely N-dealkylation sites (tertiary alicyclic amines) is 2. The molecule has 3 aromatic carbocycles. The first-order valence-electron chi connectivity index (χ1n) is 17.7. The number of aromatic nitrogens is 3. The van der Waals surface area contributed by atoms with Crippen LogP contribution in [-0.4, -0.2) is 68.5 Å². The molecule has 2 aliphatic rings. The molecule has 1 unspecified atom stereocenters. The summed E-state index contributed by atoms with van der Waals surface area (Å²) in [6, 6.07) is 20.2. The average molecular weight is 770 g/mol. The minimum Gasteiger partial charge on any atom is -0.488 e. The van der Waals surface area contributed by atoms with E-state index in [9.17, 15) is 10.4 Å². The number of pyridine rings is 1. The molecule has 4 heterocycles. The molecule has 2 aromatic heterocycles. The van der Waals surface area contributed by atoms with E-state index in [0.717, 1.165) is 69.1 Å². The summed E-state index contributed by atoms with van der Waals surface area (Å²) in [4.78, 5) is 8.92. The predicted octanol–water partition coefficient (Wildman–Crippen LogP) is 7.99. The number of ether oxygens (including phenoxy) is 2. The number of hydrogen-bond acceptors (Lipinski definition) is 8. The van der Waals surface area contributed by atoms with Crippen LogP contribution in [0.4, 0.5) is 0 Å². The van der Waals surface area contributed by atoms with Crippen LogP contribution in [0, 0.1) is 11.3 Å². The molecular formula is C40H42BrClN6O3. The minimum absolute atomic E-state index is 0.230. The van der Waals surface area contributed by atoms with Crippen LogP contribution < -0.4 is 9.47 Å². The Hall–Kier alpha value is -3.98. The lowest BCUT2D eigenvalue weighted by Crippen LogP contribution is -2.22. The third-order valence-corrected chi connectivity index (χ3v) is 11.0. The summed E-state index contributed by atoms with van der Waals surface area (Å²) in [5, 5.41) is 25.8. The molecule has 7 rings (SSSR count). The highest BCUT2D eigenvalue weighted by molar-refractivity contribution is 9.10. The maximum atomic E-state index is 10.1. The van der Waals surface area contributed by atoms with Gasteiger partial charge in [-0.1, -0.05) is 41.9 Å². The summed E-state index contributed by atoms with van der Waals surface area (Å²) < 4.78 is 15.8. The Morgan fingerprint density at radius 1 is 0.882 bits per heavy atom. The third-order valence-electron chi connectivity index (χ3n) is 9.81. The largest absolute Gasteiger partial charge is 0.488 e. The van der Waals surface area contributed by atoms with Gasteiger partial charge in [-0.15, -0.1) is 0 Å². The highest BCUT2D eigenvalue weighted by Gasteiger charge is 2.23. The molecule has 0 aliphatic carbocycles. The van der Waals surface area contributed by atoms with E-state index in [-0.39, 0.29) is 19.3 Å². The van der Waals surface area contributed by atoms with Crippen LogP contribution in [0.5, 0.6) is 11.5 Å². The molecule has 0 amide bonds. The lowest BCUT2D eigenvalue weighted by molar-refractivity contribution is 0.174. The second kappa shape index (κ2) is 16.6. The summed E-state index contributed by atoms with van der Waals surface area (Å²) in [5.41, 5.74) is 6.46. The third kappa shape index (κ3) is 8.57. The molecule has 0 spiro atoms. The van der Waals surface area contributed by atoms with Crippen molar-refractivity contribution in [2.75, 3.05) is 32.7 Å². The molecule has 51 heavy (non-hydrogen) atoms. The molecule has 0 saturated carbocycles. The lowest BCUT2D eigenvalue weighted by atomic mass is 10.00. The number of nitriles is 1. The number of unbranched alkanes of at least 4 members (excludes halogenated alkanes) is 1. The van der Waals surface area contributed by atoms with Crippen LogP contribution in [0.2, 0.25) is 5.02 Å². The number of rotatable bonds is 14. The van der Waals surface area contributed by atoms with E-state index in [4.69, 9.17) is 26.2 Å². The Labute approximate surface area is 312 Å². The van der Waals surface area contributed by atoms with Crippen molar-refractivity contribution in [2.45, 2.75) is 64.5 Å². The number of hydrogen-bond donors (Lipinski definition) is 1. The Morgan fingerprint density at radius 2 is 1.69 bits per heavy atom. The Bertz CT molecular complexity index is 2020. The van der Waals surface area contributed by atoms with Crippen LogP contribution in [0.3, 0.4) is 0 Å². The highest BCUT2D eigenvalue weighted by Crippen LogP contribution is 2.38. The van der Waals surface area contributed by atoms with Crippen molar-refractivity contribution in [3.8, 4) is 28.7 Å². The van der Waals surface area contributed by atoms with Crippen molar-refractivity contribution in [1.29, 1.82) is 5.26 Å². The maximum Gasteiger partial charge on any atom is 0.142 e. The fourth-order valence-corrected chi connectivity index (χ4v) is 7.94. The van der Waals surface area contributed by atoms with Crippen molar-refractivity contribution in [1.82, 2.24) is 24.6 Å². The van der Waals surface area contributed by atoms with Gasteiger partial charge in [0.25, 0.3) is 0 Å². The number of β-amino-alcohol motifs (C(OH)–C–C–N with tert-alkyl or cyclic N) is 1. The molecule has 11 heteroatoms. The van der Waals surface area contributed by atoms with Crippen LogP contribution in [0.25, 0.3) is 22.0 Å². The van der Waals surface area contributed by atoms with Crippen LogP contribution in [-0.2, 0) is 26.3 Å². The maximum absolute atomic E-state index is 10.1. The highest BCUT2D eigenvalue weighted by atomic mass is 79.9. The van der Waals surface area contributed by atoms with Crippen molar-refractivity contribution in [3.05, 3.63) is 105 Å². The fourth-order valence-electron chi connectivity index (χ4n) is 7.10. The number of fused-ring (bicyclic) bond motifs is 1. The van der Waals surface area contributed by atoms with Gasteiger partial charge in [-0.3, -0.25) is 14.6 Å². The zero-order valence-electron chi connectivity index (χ0n) is 28.6. The van der Waals surface area contributed by atoms with E-state index in [1.54, 1.807) is 12.3 Å². The van der Waals surface area contributed by atoms with E-state index in [1.165, 1.54) is 45.1 Å². The predicted molar refractivity (Wildman–Crippen MR) is 203 cm³/mol. The van der Waals surface area contributed by atoms with Crippen LogP contribution >= 0.6 is 27.5 Å². The quantitative estimate of drug-likeness (QED) is 0.114. The van der Waals surface area contributed by atoms with E-state index < -0.39 is 0 Å². The van der Waals surface area contributed by atoms with Gasteiger partial charge in [0.2, 0.25) is 0 Å². The van der Waals surface area contributed by atoms with Gasteiger partial charge in [-0.25, -0.2) is 0 Å². The molecule has 264 valence electrons. The zero-order valence-corrected chi connectivity index (χ0v) is 30.9. The normalized spacial score (nSPS) is 16.5. The molecule has 5 aromatic rings. The van der Waals surface area contributed by atoms with Crippen molar-refractivity contribution in [3.63, 3.8) is 0 Å². The number of benzene rings is 3. The first-order chi connectivity index (χ1) is 24.9. The second-order valence-corrected chi connectivity index (χ2v) is 14.7. The number of aryl methyl sites for hydroxylation is 1. The summed E-state index contributed by atoms with van der Waals surface area (Å²) >= 11 is 10.7. The second-order valence-electron chi connectivity index (χ2n) is 13.5. The number of nitrogens with zero attached hydrogens (tertiary/aromatic N) is 6. The molecule has 1 N–H and O–H groups in total. The van der Waals surface area contributed by atoms with Crippen molar-refractivity contribution >= 4 is 38.4 Å². The van der Waals surface area contributed by atoms with Gasteiger partial charge in [0.05, 0.1) is 28.4 Å². The summed E-state index contributed by atoms with van der Waals surface area (Å²) in [7, 11) is 0. The average Bonchev–Trinajstić information content (AvgIpc) is 3.92. The van der Waals surface area contributed by atoms with Crippen LogP contribution in [0.1, 0.15) is 54.4 Å². The lowest BCUT2D eigenvalue weighted by Gasteiger charge is -2.20. The molecular weight excluding hydrogens is 728 g/mol. The molecule has 9 nitrogen and oxygen atoms in total. The molecule has 2 saturated heterocycles. The standard InChI is InChI=1S/C40H42BrClN6O3/c41-40-30(7-5-9-34(40)33-8-6-10-37-35(33)23-45-48(37)15-4-3-14-46-12-1-2-13-46)27-51-39-19-38(50-26-29-17-28(20-43)21-44-22-29)31(18-36(39)42)24-47-16-11-32(49)25-47/h5-10,17-19,21-23,32,49H,1-4,11-16,24-27H2. The monoisotopic (exact) mass is 768 g/mol. The Kier molecular flexibility index (Phi) is 11.5. The van der Waals surface area contributed by atoms with E-state index in [0.29, 0.717) is 35.2 Å². The van der Waals surface area contributed by atoms with Gasteiger partial charge in [-0.2, -0.15) is 10.4 Å². The first-order valence-corrected chi connectivity index (χ1v) is 18.9. The van der Waals surface area contributed by atoms with Gasteiger partial charge in [0, 0.05) is 71.2 Å². The van der Waals surface area contributed by atoms with Gasteiger partial charge in [0.15, 0.2) is 0 Å². The summed E-state index contributed by atoms with van der Waals surface area (Å²) in [5.74, 6) is 1.14. The van der Waals surface area contributed by atoms with E-state index in [1.807, 2.05) is 30.5 Å². The SMILES string of the molecule is N#Cc1cncc(COc2cc(OCc3cccc(-c4cccc5c4cnn5CCCCN4CCCC4)c3Br)c(Cl)cc2CN2CCC(O)C2)c1. The van der Waals surface area contributed by atoms with Crippen molar-refractivity contribution < 1.29 is 14.6 Å². The minimum atomic E-state index is -0.334. The van der Waals surface area contributed by atoms with Crippen molar-refractivity contribution in [2.24, 2.45) is 0 Å². The number of aliphatic hydroxyl groups excluding tert-OH is 1. The summed E-state index contributed by atoms with van der Waals surface area (Å²) in [6.07, 6.45) is 10.6. The van der Waals surface area contributed by atoms with Gasteiger partial charge in [0.1, 0.15) is 30.8 Å². The molecule has 2 fully saturated rings. The van der Waals surface area contributed by atoms with Gasteiger partial charge >= 0.3 is 0 Å². The molecule has 0 bridgehead atoms. The first kappa shape index (κ1) is 35.4. The van der Waals surface area contributed by atoms with Gasteiger partial charge in [-0.05, 0) is 97.0 Å². The number of halogens is 2. The molecule has 0 radical (unpaired) electrons. The van der Waals surface area contributed by atoms with E-state index in [2.05, 4.69) is 65.7 Å². The zero-order chi connectivity index (χ0) is 35.2. The fraction of sp³-hybridized carbons (Fsp3) is 0.375. The Morgan fingerprint density at radius 3 is 2.51 bits per heavy atom. The van der Waals surface area contributed by atoms with Gasteiger partial charge < -0.3 is 19.5 Å².